The minimum atomic E-state index is -0.136. The molecular formula is C34H54NO3+. The molecule has 0 amide bonds. The van der Waals surface area contributed by atoms with Crippen LogP contribution in [0.1, 0.15) is 96.1 Å². The van der Waals surface area contributed by atoms with E-state index in [1.807, 2.05) is 12.1 Å². The Kier molecular flexibility index (Phi) is 15.1. The van der Waals surface area contributed by atoms with Gasteiger partial charge in [0.25, 0.3) is 0 Å². The number of quaternary nitrogens is 1. The maximum Gasteiger partial charge on any atom is 0.314 e. The Morgan fingerprint density at radius 2 is 1.42 bits per heavy atom. The van der Waals surface area contributed by atoms with Gasteiger partial charge in [0, 0.05) is 5.56 Å². The highest BCUT2D eigenvalue weighted by Crippen LogP contribution is 2.23. The predicted octanol–water partition coefficient (Wildman–Crippen LogP) is 8.37. The van der Waals surface area contributed by atoms with Gasteiger partial charge >= 0.3 is 5.97 Å². The van der Waals surface area contributed by atoms with Crippen molar-refractivity contribution in [3.05, 3.63) is 65.7 Å². The van der Waals surface area contributed by atoms with Crippen LogP contribution in [-0.4, -0.2) is 43.8 Å². The van der Waals surface area contributed by atoms with Gasteiger partial charge in [-0.2, -0.15) is 0 Å². The topological polar surface area (TPSA) is 35.5 Å². The van der Waals surface area contributed by atoms with Gasteiger partial charge in [0.2, 0.25) is 0 Å². The molecule has 0 heterocycles. The number of hydrogen-bond donors (Lipinski definition) is 0. The normalized spacial score (nSPS) is 13.2. The zero-order chi connectivity index (χ0) is 27.6. The molecule has 2 aromatic carbocycles. The summed E-state index contributed by atoms with van der Waals surface area (Å²) in [6.45, 7) is 8.37. The second-order valence-electron chi connectivity index (χ2n) is 11.5. The molecule has 0 saturated heterocycles. The zero-order valence-corrected chi connectivity index (χ0v) is 24.9. The summed E-state index contributed by atoms with van der Waals surface area (Å²) >= 11 is 0. The van der Waals surface area contributed by atoms with E-state index in [1.54, 1.807) is 0 Å². The molecule has 4 nitrogen and oxygen atoms in total. The predicted molar refractivity (Wildman–Crippen MR) is 159 cm³/mol. The molecule has 2 unspecified atom stereocenters. The van der Waals surface area contributed by atoms with E-state index in [0.29, 0.717) is 6.61 Å². The summed E-state index contributed by atoms with van der Waals surface area (Å²) in [6.07, 6.45) is 13.0. The number of hydrogen-bond acceptors (Lipinski definition) is 3. The van der Waals surface area contributed by atoms with Crippen molar-refractivity contribution < 1.29 is 18.8 Å². The quantitative estimate of drug-likeness (QED) is 0.0991. The number of carbonyl (C=O) groups excluding carboxylic acids is 1. The molecular weight excluding hydrogens is 470 g/mol. The summed E-state index contributed by atoms with van der Waals surface area (Å²) in [5, 5.41) is 0. The molecule has 0 radical (unpaired) electrons. The number of carbonyl (C=O) groups is 1. The highest BCUT2D eigenvalue weighted by Gasteiger charge is 2.28. The minimum absolute atomic E-state index is 0.110. The molecule has 0 fully saturated rings. The monoisotopic (exact) mass is 524 g/mol. The van der Waals surface area contributed by atoms with Gasteiger partial charge in [0.15, 0.2) is 0 Å². The van der Waals surface area contributed by atoms with Gasteiger partial charge in [0.1, 0.15) is 30.9 Å². The van der Waals surface area contributed by atoms with E-state index < -0.39 is 0 Å². The molecule has 2 rings (SSSR count). The SMILES string of the molecule is CCCCCCCCCCc1ccccc1OC(CC)COC(=O)C(CC)C[N+](C)(C)Cc1ccccc1. The third kappa shape index (κ3) is 12.5. The summed E-state index contributed by atoms with van der Waals surface area (Å²) in [5.74, 6) is 0.701. The number of nitrogens with zero attached hydrogens (tertiary/aromatic N) is 1. The summed E-state index contributed by atoms with van der Waals surface area (Å²) in [7, 11) is 4.37. The Morgan fingerprint density at radius 3 is 2.08 bits per heavy atom. The molecule has 0 aromatic heterocycles. The van der Waals surface area contributed by atoms with E-state index in [2.05, 4.69) is 77.3 Å². The number of unbranched alkanes of at least 4 members (excludes halogenated alkanes) is 7. The molecule has 4 heteroatoms. The lowest BCUT2D eigenvalue weighted by molar-refractivity contribution is -0.906. The van der Waals surface area contributed by atoms with E-state index >= 15 is 0 Å². The Hall–Kier alpha value is -2.33. The Bertz CT molecular complexity index is 896. The van der Waals surface area contributed by atoms with E-state index in [-0.39, 0.29) is 18.0 Å². The van der Waals surface area contributed by atoms with Crippen molar-refractivity contribution in [3.63, 3.8) is 0 Å². The van der Waals surface area contributed by atoms with Gasteiger partial charge < -0.3 is 14.0 Å². The van der Waals surface area contributed by atoms with E-state index in [9.17, 15) is 4.79 Å². The van der Waals surface area contributed by atoms with E-state index in [0.717, 1.165) is 42.6 Å². The van der Waals surface area contributed by atoms with Crippen LogP contribution >= 0.6 is 0 Å². The molecule has 0 spiro atoms. The van der Waals surface area contributed by atoms with E-state index in [1.165, 1.54) is 62.5 Å². The van der Waals surface area contributed by atoms with Crippen molar-refractivity contribution in [2.45, 2.75) is 104 Å². The number of aryl methyl sites for hydroxylation is 1. The van der Waals surface area contributed by atoms with Gasteiger partial charge in [-0.3, -0.25) is 4.79 Å². The fraction of sp³-hybridized carbons (Fsp3) is 0.618. The molecule has 0 aliphatic carbocycles. The number of para-hydroxylation sites is 1. The second-order valence-corrected chi connectivity index (χ2v) is 11.5. The van der Waals surface area contributed by atoms with Crippen LogP contribution in [0.4, 0.5) is 0 Å². The van der Waals surface area contributed by atoms with Gasteiger partial charge in [-0.25, -0.2) is 0 Å². The van der Waals surface area contributed by atoms with Crippen molar-refractivity contribution in [1.82, 2.24) is 0 Å². The summed E-state index contributed by atoms with van der Waals surface area (Å²) < 4.78 is 13.0. The lowest BCUT2D eigenvalue weighted by Crippen LogP contribution is -2.45. The smallest absolute Gasteiger partial charge is 0.314 e. The molecule has 0 bridgehead atoms. The zero-order valence-electron chi connectivity index (χ0n) is 24.9. The molecule has 2 atom stereocenters. The molecule has 2 aromatic rings. The summed E-state index contributed by atoms with van der Waals surface area (Å²) in [6, 6.07) is 18.8. The molecule has 0 N–H and O–H groups in total. The molecule has 212 valence electrons. The van der Waals surface area contributed by atoms with Crippen LogP contribution < -0.4 is 4.74 Å². The highest BCUT2D eigenvalue weighted by molar-refractivity contribution is 5.72. The second kappa shape index (κ2) is 18.0. The molecule has 0 aliphatic heterocycles. The first-order valence-electron chi connectivity index (χ1n) is 15.2. The Morgan fingerprint density at radius 1 is 0.789 bits per heavy atom. The van der Waals surface area contributed by atoms with Crippen molar-refractivity contribution in [3.8, 4) is 5.75 Å². The van der Waals surface area contributed by atoms with Crippen LogP contribution in [-0.2, 0) is 22.5 Å². The van der Waals surface area contributed by atoms with Crippen LogP contribution in [0, 0.1) is 5.92 Å². The first kappa shape index (κ1) is 31.9. The fourth-order valence-electron chi connectivity index (χ4n) is 5.09. The van der Waals surface area contributed by atoms with Crippen molar-refractivity contribution >= 4 is 5.97 Å². The molecule has 0 aliphatic rings. The average molecular weight is 525 g/mol. The molecule has 0 saturated carbocycles. The summed E-state index contributed by atoms with van der Waals surface area (Å²) in [5.41, 5.74) is 2.54. The van der Waals surface area contributed by atoms with Crippen molar-refractivity contribution in [2.24, 2.45) is 5.92 Å². The third-order valence-electron chi connectivity index (χ3n) is 7.43. The number of esters is 1. The van der Waals surface area contributed by atoms with Crippen LogP contribution in [0.3, 0.4) is 0 Å². The van der Waals surface area contributed by atoms with Gasteiger partial charge in [-0.05, 0) is 37.3 Å². The van der Waals surface area contributed by atoms with Crippen LogP contribution in [0.5, 0.6) is 5.75 Å². The largest absolute Gasteiger partial charge is 0.487 e. The number of ether oxygens (including phenoxy) is 2. The van der Waals surface area contributed by atoms with Crippen LogP contribution in [0.2, 0.25) is 0 Å². The van der Waals surface area contributed by atoms with Gasteiger partial charge in [0.05, 0.1) is 20.6 Å². The third-order valence-corrected chi connectivity index (χ3v) is 7.43. The maximum absolute atomic E-state index is 13.0. The standard InChI is InChI=1S/C34H54NO3/c1-6-9-10-11-12-13-14-18-23-31-24-19-20-25-33(31)38-32(8-3)28-37-34(36)30(7-2)27-35(4,5)26-29-21-16-15-17-22-29/h15-17,19-22,24-25,30,32H,6-14,18,23,26-28H2,1-5H3/q+1. The molecule has 38 heavy (non-hydrogen) atoms. The van der Waals surface area contributed by atoms with Crippen LogP contribution in [0.15, 0.2) is 54.6 Å². The fourth-order valence-corrected chi connectivity index (χ4v) is 5.09. The summed E-state index contributed by atoms with van der Waals surface area (Å²) in [4.78, 5) is 13.0. The number of benzene rings is 2. The highest BCUT2D eigenvalue weighted by atomic mass is 16.6. The van der Waals surface area contributed by atoms with Crippen molar-refractivity contribution in [2.75, 3.05) is 27.2 Å². The van der Waals surface area contributed by atoms with Crippen molar-refractivity contribution in [1.29, 1.82) is 0 Å². The Balaban J connectivity index is 1.82. The van der Waals surface area contributed by atoms with Gasteiger partial charge in [-0.15, -0.1) is 0 Å². The van der Waals surface area contributed by atoms with Gasteiger partial charge in [-0.1, -0.05) is 114 Å². The maximum atomic E-state index is 13.0. The minimum Gasteiger partial charge on any atom is -0.487 e. The Labute approximate surface area is 233 Å². The lowest BCUT2D eigenvalue weighted by Gasteiger charge is -2.33. The lowest BCUT2D eigenvalue weighted by atomic mass is 10.0. The van der Waals surface area contributed by atoms with E-state index in [4.69, 9.17) is 9.47 Å². The number of rotatable bonds is 20. The average Bonchev–Trinajstić information content (AvgIpc) is 2.92. The first-order valence-corrected chi connectivity index (χ1v) is 15.2. The van der Waals surface area contributed by atoms with Crippen LogP contribution in [0.25, 0.3) is 0 Å². The first-order chi connectivity index (χ1) is 18.4.